The van der Waals surface area contributed by atoms with E-state index in [1.165, 1.54) is 17.2 Å². The van der Waals surface area contributed by atoms with Gasteiger partial charge in [0, 0.05) is 12.0 Å². The molecule has 1 fully saturated rings. The number of rotatable bonds is 6. The van der Waals surface area contributed by atoms with Crippen LogP contribution in [0.5, 0.6) is 0 Å². The highest BCUT2D eigenvalue weighted by molar-refractivity contribution is 6.03. The topological polar surface area (TPSA) is 35.9 Å². The van der Waals surface area contributed by atoms with E-state index in [2.05, 4.69) is 67.3 Å². The average Bonchev–Trinajstić information content (AvgIpc) is 3.31. The van der Waals surface area contributed by atoms with Gasteiger partial charge in [-0.25, -0.2) is 9.40 Å². The molecule has 1 amide bonds. The van der Waals surface area contributed by atoms with E-state index in [4.69, 9.17) is 5.10 Å². The molecule has 0 N–H and O–H groups in total. The number of hydrogen-bond donors (Lipinski definition) is 0. The van der Waals surface area contributed by atoms with Gasteiger partial charge in [0.05, 0.1) is 18.3 Å². The molecule has 0 spiro atoms. The molecule has 0 aliphatic carbocycles. The van der Waals surface area contributed by atoms with Gasteiger partial charge in [0.15, 0.2) is 0 Å². The van der Waals surface area contributed by atoms with Gasteiger partial charge < -0.3 is 0 Å². The van der Waals surface area contributed by atoms with E-state index in [1.54, 1.807) is 17.1 Å². The lowest BCUT2D eigenvalue weighted by Gasteiger charge is -2.33. The minimum atomic E-state index is -0.301. The summed E-state index contributed by atoms with van der Waals surface area (Å²) in [6.45, 7) is 6.30. The van der Waals surface area contributed by atoms with Gasteiger partial charge in [0.2, 0.25) is 0 Å². The second-order valence-corrected chi connectivity index (χ2v) is 10.3. The maximum Gasteiger partial charge on any atom is 0.257 e. The van der Waals surface area contributed by atoms with Crippen molar-refractivity contribution in [2.75, 3.05) is 19.6 Å². The molecule has 0 aromatic heterocycles. The highest BCUT2D eigenvalue weighted by atomic mass is 19.1. The Kier molecular flexibility index (Phi) is 7.28. The standard InChI is InChI=1S/C31H34FN3O/c1-22-12-13-26(23(2)18-22)30-20-29(27-10-6-7-11-28(27)32)33-35(30)31(36)21-34-16-14-25(15-17-34)19-24-8-4-3-5-9-24/h3-13,18,25,30H,14-17,19-21H2,1-2H3. The molecule has 2 heterocycles. The predicted molar refractivity (Wildman–Crippen MR) is 142 cm³/mol. The van der Waals surface area contributed by atoms with Crippen LogP contribution in [0.4, 0.5) is 4.39 Å². The molecule has 4 nitrogen and oxygen atoms in total. The molecular formula is C31H34FN3O. The van der Waals surface area contributed by atoms with E-state index in [9.17, 15) is 9.18 Å². The van der Waals surface area contributed by atoms with Crippen molar-refractivity contribution in [1.82, 2.24) is 9.91 Å². The quantitative estimate of drug-likeness (QED) is 0.426. The van der Waals surface area contributed by atoms with E-state index in [1.807, 2.05) is 6.07 Å². The second kappa shape index (κ2) is 10.8. The molecule has 2 aliphatic rings. The summed E-state index contributed by atoms with van der Waals surface area (Å²) in [6, 6.07) is 23.4. The first-order valence-corrected chi connectivity index (χ1v) is 13.0. The molecule has 0 radical (unpaired) electrons. The molecule has 0 saturated carbocycles. The van der Waals surface area contributed by atoms with Crippen LogP contribution in [0.2, 0.25) is 0 Å². The third-order valence-electron chi connectivity index (χ3n) is 7.57. The molecule has 36 heavy (non-hydrogen) atoms. The number of likely N-dealkylation sites (tertiary alicyclic amines) is 1. The molecular weight excluding hydrogens is 449 g/mol. The number of hydrazone groups is 1. The number of benzene rings is 3. The summed E-state index contributed by atoms with van der Waals surface area (Å²) in [4.78, 5) is 15.8. The highest BCUT2D eigenvalue weighted by Crippen LogP contribution is 2.35. The van der Waals surface area contributed by atoms with Crippen LogP contribution in [-0.4, -0.2) is 41.2 Å². The van der Waals surface area contributed by atoms with Crippen molar-refractivity contribution in [3.05, 3.63) is 106 Å². The van der Waals surface area contributed by atoms with Crippen LogP contribution < -0.4 is 0 Å². The van der Waals surface area contributed by atoms with Crippen LogP contribution in [0.3, 0.4) is 0 Å². The summed E-state index contributed by atoms with van der Waals surface area (Å²) >= 11 is 0. The number of carbonyl (C=O) groups excluding carboxylic acids is 1. The number of halogens is 1. The molecule has 5 heteroatoms. The van der Waals surface area contributed by atoms with Crippen molar-refractivity contribution in [2.45, 2.75) is 45.6 Å². The van der Waals surface area contributed by atoms with E-state index in [-0.39, 0.29) is 17.8 Å². The van der Waals surface area contributed by atoms with Gasteiger partial charge in [0.25, 0.3) is 5.91 Å². The lowest BCUT2D eigenvalue weighted by Crippen LogP contribution is -2.42. The number of amides is 1. The van der Waals surface area contributed by atoms with Crippen LogP contribution in [-0.2, 0) is 11.2 Å². The van der Waals surface area contributed by atoms with E-state index in [0.717, 1.165) is 43.5 Å². The Morgan fingerprint density at radius 3 is 2.42 bits per heavy atom. The fourth-order valence-corrected chi connectivity index (χ4v) is 5.60. The Hall–Kier alpha value is -3.31. The van der Waals surface area contributed by atoms with Crippen LogP contribution in [0, 0.1) is 25.6 Å². The molecule has 1 saturated heterocycles. The van der Waals surface area contributed by atoms with Crippen molar-refractivity contribution in [1.29, 1.82) is 0 Å². The maximum atomic E-state index is 14.6. The smallest absolute Gasteiger partial charge is 0.257 e. The van der Waals surface area contributed by atoms with Crippen LogP contribution in [0.15, 0.2) is 77.9 Å². The molecule has 1 unspecified atom stereocenters. The second-order valence-electron chi connectivity index (χ2n) is 10.3. The predicted octanol–water partition coefficient (Wildman–Crippen LogP) is 6.07. The molecule has 3 aromatic carbocycles. The Morgan fingerprint density at radius 2 is 1.69 bits per heavy atom. The lowest BCUT2D eigenvalue weighted by molar-refractivity contribution is -0.134. The Bertz CT molecular complexity index is 1250. The Balaban J connectivity index is 1.30. The molecule has 0 bridgehead atoms. The minimum absolute atomic E-state index is 0.0205. The Labute approximate surface area is 213 Å². The zero-order chi connectivity index (χ0) is 25.1. The van der Waals surface area contributed by atoms with E-state index in [0.29, 0.717) is 30.2 Å². The SMILES string of the molecule is Cc1ccc(C2CC(c3ccccc3F)=NN2C(=O)CN2CCC(Cc3ccccc3)CC2)c(C)c1. The summed E-state index contributed by atoms with van der Waals surface area (Å²) in [5, 5.41) is 6.33. The maximum absolute atomic E-state index is 14.6. The van der Waals surface area contributed by atoms with Gasteiger partial charge in [-0.05, 0) is 74.9 Å². The van der Waals surface area contributed by atoms with Gasteiger partial charge in [-0.15, -0.1) is 0 Å². The summed E-state index contributed by atoms with van der Waals surface area (Å²) in [7, 11) is 0. The number of piperidine rings is 1. The van der Waals surface area contributed by atoms with Crippen LogP contribution in [0.25, 0.3) is 0 Å². The average molecular weight is 484 g/mol. The van der Waals surface area contributed by atoms with Crippen LogP contribution >= 0.6 is 0 Å². The van der Waals surface area contributed by atoms with Crippen molar-refractivity contribution >= 4 is 11.6 Å². The first-order valence-electron chi connectivity index (χ1n) is 13.0. The summed E-state index contributed by atoms with van der Waals surface area (Å²) in [5.41, 5.74) is 5.88. The van der Waals surface area contributed by atoms with Gasteiger partial charge in [-0.3, -0.25) is 9.69 Å². The van der Waals surface area contributed by atoms with Gasteiger partial charge in [-0.2, -0.15) is 5.10 Å². The van der Waals surface area contributed by atoms with Crippen molar-refractivity contribution in [3.63, 3.8) is 0 Å². The lowest BCUT2D eigenvalue weighted by atomic mass is 9.90. The fourth-order valence-electron chi connectivity index (χ4n) is 5.60. The minimum Gasteiger partial charge on any atom is -0.294 e. The van der Waals surface area contributed by atoms with Crippen molar-refractivity contribution in [2.24, 2.45) is 11.0 Å². The Morgan fingerprint density at radius 1 is 0.972 bits per heavy atom. The van der Waals surface area contributed by atoms with Crippen LogP contribution in [0.1, 0.15) is 53.1 Å². The third-order valence-corrected chi connectivity index (χ3v) is 7.57. The first kappa shape index (κ1) is 24.4. The van der Waals surface area contributed by atoms with Gasteiger partial charge in [-0.1, -0.05) is 72.3 Å². The summed E-state index contributed by atoms with van der Waals surface area (Å²) < 4.78 is 14.6. The molecule has 2 aliphatic heterocycles. The molecule has 186 valence electrons. The number of carbonyl (C=O) groups is 1. The molecule has 1 atom stereocenters. The summed E-state index contributed by atoms with van der Waals surface area (Å²) in [6.07, 6.45) is 3.79. The largest absolute Gasteiger partial charge is 0.294 e. The number of nitrogens with zero attached hydrogens (tertiary/aromatic N) is 3. The normalized spacial score (nSPS) is 18.9. The fraction of sp³-hybridized carbons (Fsp3) is 0.355. The van der Waals surface area contributed by atoms with E-state index >= 15 is 0 Å². The first-order chi connectivity index (χ1) is 17.5. The molecule has 3 aromatic rings. The van der Waals surface area contributed by atoms with Crippen molar-refractivity contribution in [3.8, 4) is 0 Å². The molecule has 5 rings (SSSR count). The monoisotopic (exact) mass is 483 g/mol. The van der Waals surface area contributed by atoms with E-state index < -0.39 is 0 Å². The van der Waals surface area contributed by atoms with Crippen molar-refractivity contribution < 1.29 is 9.18 Å². The zero-order valence-corrected chi connectivity index (χ0v) is 21.2. The van der Waals surface area contributed by atoms with Gasteiger partial charge >= 0.3 is 0 Å². The third kappa shape index (κ3) is 5.41. The highest BCUT2D eigenvalue weighted by Gasteiger charge is 2.35. The number of aryl methyl sites for hydroxylation is 2. The summed E-state index contributed by atoms with van der Waals surface area (Å²) in [5.74, 6) is 0.331. The zero-order valence-electron chi connectivity index (χ0n) is 21.2. The number of hydrogen-bond acceptors (Lipinski definition) is 3. The van der Waals surface area contributed by atoms with Gasteiger partial charge in [0.1, 0.15) is 5.82 Å².